The van der Waals surface area contributed by atoms with Crippen molar-refractivity contribution in [3.8, 4) is 28.0 Å². The van der Waals surface area contributed by atoms with E-state index >= 15 is 0 Å². The largest absolute Gasteiger partial charge is 0.524 e. The van der Waals surface area contributed by atoms with Crippen molar-refractivity contribution in [2.75, 3.05) is 0 Å². The van der Waals surface area contributed by atoms with E-state index in [1.54, 1.807) is 12.1 Å². The molecule has 0 unspecified atom stereocenters. The summed E-state index contributed by atoms with van der Waals surface area (Å²) in [5.41, 5.74) is 4.55. The highest BCUT2D eigenvalue weighted by Crippen LogP contribution is 2.37. The van der Waals surface area contributed by atoms with Crippen LogP contribution in [0.1, 0.15) is 0 Å². The second kappa shape index (κ2) is 9.85. The van der Waals surface area contributed by atoms with Gasteiger partial charge in [-0.2, -0.15) is 0 Å². The summed E-state index contributed by atoms with van der Waals surface area (Å²) in [6, 6.07) is 37.0. The third-order valence-electron chi connectivity index (χ3n) is 4.07. The molecule has 29 heavy (non-hydrogen) atoms. The van der Waals surface area contributed by atoms with Gasteiger partial charge in [0.2, 0.25) is 0 Å². The maximum Gasteiger partial charge on any atom is 0.524 e. The lowest BCUT2D eigenvalue weighted by molar-refractivity contribution is 0.283. The van der Waals surface area contributed by atoms with Gasteiger partial charge in [-0.1, -0.05) is 103 Å². The van der Waals surface area contributed by atoms with Crippen molar-refractivity contribution in [1.29, 1.82) is 0 Å². The molecular formula is C24H21O4P. The van der Waals surface area contributed by atoms with Crippen LogP contribution in [0.3, 0.4) is 0 Å². The third-order valence-corrected chi connectivity index (χ3v) is 4.52. The first-order valence-corrected chi connectivity index (χ1v) is 10.6. The average Bonchev–Trinajstić information content (AvgIpc) is 2.76. The van der Waals surface area contributed by atoms with E-state index in [0.29, 0.717) is 0 Å². The second-order valence-electron chi connectivity index (χ2n) is 6.20. The predicted octanol–water partition coefficient (Wildman–Crippen LogP) is 6.18. The zero-order chi connectivity index (χ0) is 20.5. The van der Waals surface area contributed by atoms with Crippen LogP contribution in [0.25, 0.3) is 22.3 Å². The minimum absolute atomic E-state index is 0.151. The molecule has 0 spiro atoms. The molecule has 0 aliphatic rings. The molecule has 0 aliphatic heterocycles. The molecule has 5 heteroatoms. The molecule has 0 heterocycles. The lowest BCUT2D eigenvalue weighted by Crippen LogP contribution is -1.89. The molecule has 146 valence electrons. The summed E-state index contributed by atoms with van der Waals surface area (Å²) >= 11 is 0. The van der Waals surface area contributed by atoms with Gasteiger partial charge in [0.15, 0.2) is 0 Å². The van der Waals surface area contributed by atoms with Crippen molar-refractivity contribution in [2.24, 2.45) is 0 Å². The molecule has 0 fully saturated rings. The molecule has 0 amide bonds. The van der Waals surface area contributed by atoms with Gasteiger partial charge < -0.3 is 4.52 Å². The molecule has 4 aromatic carbocycles. The summed E-state index contributed by atoms with van der Waals surface area (Å²) in [6.45, 7) is 0. The quantitative estimate of drug-likeness (QED) is 0.399. The number of phosphoric acid groups is 1. The Bertz CT molecular complexity index is 1010. The van der Waals surface area contributed by atoms with Gasteiger partial charge >= 0.3 is 7.82 Å². The summed E-state index contributed by atoms with van der Waals surface area (Å²) in [5.74, 6) is 0.151. The molecular weight excluding hydrogens is 383 g/mol. The van der Waals surface area contributed by atoms with Gasteiger partial charge in [0.05, 0.1) is 0 Å². The Morgan fingerprint density at radius 2 is 0.793 bits per heavy atom. The predicted molar refractivity (Wildman–Crippen MR) is 116 cm³/mol. The third kappa shape index (κ3) is 6.74. The topological polar surface area (TPSA) is 66.8 Å². The molecule has 0 saturated heterocycles. The minimum atomic E-state index is -4.47. The van der Waals surface area contributed by atoms with Gasteiger partial charge in [-0.25, -0.2) is 4.57 Å². The first kappa shape index (κ1) is 20.6. The van der Waals surface area contributed by atoms with Crippen LogP contribution in [0.5, 0.6) is 5.75 Å². The molecule has 0 aliphatic carbocycles. The maximum absolute atomic E-state index is 10.6. The highest BCUT2D eigenvalue weighted by atomic mass is 31.2. The van der Waals surface area contributed by atoms with Crippen LogP contribution in [-0.4, -0.2) is 9.79 Å². The molecule has 4 aromatic rings. The Kier molecular flexibility index (Phi) is 6.99. The smallest absolute Gasteiger partial charge is 0.404 e. The summed E-state index contributed by atoms with van der Waals surface area (Å²) < 4.78 is 15.1. The van der Waals surface area contributed by atoms with Crippen LogP contribution in [0.2, 0.25) is 0 Å². The Balaban J connectivity index is 0.000000176. The Morgan fingerprint density at radius 1 is 0.483 bits per heavy atom. The Hall–Kier alpha value is -3.17. The van der Waals surface area contributed by atoms with Crippen molar-refractivity contribution < 1.29 is 18.9 Å². The monoisotopic (exact) mass is 404 g/mol. The fourth-order valence-electron chi connectivity index (χ4n) is 2.74. The van der Waals surface area contributed by atoms with Gasteiger partial charge in [0.1, 0.15) is 5.75 Å². The standard InChI is InChI=1S/C12H11O4P.C12H10/c13-17(14,15)16-12-8-6-11(7-9-12)10-4-2-1-3-5-10;1-3-7-11(8-4-1)12-9-5-2-6-10-12/h1-9H,(H2,13,14,15);1-10H. The van der Waals surface area contributed by atoms with Gasteiger partial charge in [-0.3, -0.25) is 9.79 Å². The van der Waals surface area contributed by atoms with Crippen LogP contribution in [0.15, 0.2) is 115 Å². The van der Waals surface area contributed by atoms with Gasteiger partial charge in [0.25, 0.3) is 0 Å². The normalized spacial score (nSPS) is 10.6. The fourth-order valence-corrected chi connectivity index (χ4v) is 3.13. The Labute approximate surface area is 170 Å². The van der Waals surface area contributed by atoms with Crippen LogP contribution in [0.4, 0.5) is 0 Å². The zero-order valence-electron chi connectivity index (χ0n) is 15.6. The number of benzene rings is 4. The van der Waals surface area contributed by atoms with Gasteiger partial charge in [0, 0.05) is 0 Å². The van der Waals surface area contributed by atoms with E-state index in [-0.39, 0.29) is 5.75 Å². The number of hydrogen-bond acceptors (Lipinski definition) is 2. The first-order chi connectivity index (χ1) is 14.0. The summed E-state index contributed by atoms with van der Waals surface area (Å²) in [5, 5.41) is 0. The van der Waals surface area contributed by atoms with Crippen LogP contribution >= 0.6 is 7.82 Å². The van der Waals surface area contributed by atoms with E-state index in [1.807, 2.05) is 42.5 Å². The molecule has 4 rings (SSSR count). The number of phosphoric ester groups is 1. The zero-order valence-corrected chi connectivity index (χ0v) is 16.5. The first-order valence-electron chi connectivity index (χ1n) is 9.02. The summed E-state index contributed by atoms with van der Waals surface area (Å²) in [7, 11) is -4.47. The summed E-state index contributed by atoms with van der Waals surface area (Å²) in [4.78, 5) is 17.3. The molecule has 0 atom stereocenters. The molecule has 0 bridgehead atoms. The van der Waals surface area contributed by atoms with Gasteiger partial charge in [-0.05, 0) is 34.4 Å². The molecule has 0 aromatic heterocycles. The van der Waals surface area contributed by atoms with E-state index in [0.717, 1.165) is 11.1 Å². The van der Waals surface area contributed by atoms with Crippen molar-refractivity contribution >= 4 is 7.82 Å². The van der Waals surface area contributed by atoms with Crippen molar-refractivity contribution in [2.45, 2.75) is 0 Å². The van der Waals surface area contributed by atoms with E-state index < -0.39 is 7.82 Å². The van der Waals surface area contributed by atoms with Crippen molar-refractivity contribution in [1.82, 2.24) is 0 Å². The number of rotatable bonds is 4. The second-order valence-corrected chi connectivity index (χ2v) is 7.37. The highest BCUT2D eigenvalue weighted by Gasteiger charge is 2.15. The Morgan fingerprint density at radius 3 is 1.10 bits per heavy atom. The molecule has 4 nitrogen and oxygen atoms in total. The SMILES string of the molecule is O=P(O)(O)Oc1ccc(-c2ccccc2)cc1.c1ccc(-c2ccccc2)cc1. The van der Waals surface area contributed by atoms with Crippen LogP contribution in [-0.2, 0) is 4.57 Å². The van der Waals surface area contributed by atoms with E-state index in [1.165, 1.54) is 23.3 Å². The highest BCUT2D eigenvalue weighted by molar-refractivity contribution is 7.46. The fraction of sp³-hybridized carbons (Fsp3) is 0. The number of hydrogen-bond donors (Lipinski definition) is 2. The van der Waals surface area contributed by atoms with Gasteiger partial charge in [-0.15, -0.1) is 0 Å². The van der Waals surface area contributed by atoms with Crippen LogP contribution < -0.4 is 4.52 Å². The van der Waals surface area contributed by atoms with E-state index in [4.69, 9.17) is 9.79 Å². The van der Waals surface area contributed by atoms with Crippen molar-refractivity contribution in [3.05, 3.63) is 115 Å². The lowest BCUT2D eigenvalue weighted by Gasteiger charge is -2.07. The summed E-state index contributed by atoms with van der Waals surface area (Å²) in [6.07, 6.45) is 0. The molecule has 0 saturated carbocycles. The van der Waals surface area contributed by atoms with E-state index in [9.17, 15) is 4.57 Å². The molecule has 2 N–H and O–H groups in total. The maximum atomic E-state index is 10.6. The minimum Gasteiger partial charge on any atom is -0.404 e. The van der Waals surface area contributed by atoms with Crippen molar-refractivity contribution in [3.63, 3.8) is 0 Å². The van der Waals surface area contributed by atoms with E-state index in [2.05, 4.69) is 53.1 Å². The molecule has 0 radical (unpaired) electrons. The lowest BCUT2D eigenvalue weighted by atomic mass is 10.1. The van der Waals surface area contributed by atoms with Crippen LogP contribution in [0, 0.1) is 0 Å². The average molecular weight is 404 g/mol.